The van der Waals surface area contributed by atoms with Crippen LogP contribution in [0.4, 0.5) is 0 Å². The van der Waals surface area contributed by atoms with Gasteiger partial charge in [0.25, 0.3) is 0 Å². The fourth-order valence-corrected chi connectivity index (χ4v) is 3.33. The van der Waals surface area contributed by atoms with Crippen molar-refractivity contribution in [2.45, 2.75) is 25.2 Å². The first-order valence-corrected chi connectivity index (χ1v) is 7.77. The molecular weight excluding hydrogens is 338 g/mol. The molecular formula is C16H13BrClNO. The molecule has 1 unspecified atom stereocenters. The predicted octanol–water partition coefficient (Wildman–Crippen LogP) is 4.80. The van der Waals surface area contributed by atoms with E-state index < -0.39 is 0 Å². The van der Waals surface area contributed by atoms with E-state index in [9.17, 15) is 4.79 Å². The van der Waals surface area contributed by atoms with Crippen molar-refractivity contribution in [2.75, 3.05) is 0 Å². The minimum Gasteiger partial charge on any atom is -0.293 e. The number of fused-ring (bicyclic) bond motifs is 1. The summed E-state index contributed by atoms with van der Waals surface area (Å²) in [6.07, 6.45) is 4.61. The molecule has 0 saturated carbocycles. The van der Waals surface area contributed by atoms with Gasteiger partial charge in [0.2, 0.25) is 0 Å². The van der Waals surface area contributed by atoms with Crippen LogP contribution in [0.25, 0.3) is 0 Å². The van der Waals surface area contributed by atoms with Crippen LogP contribution in [0.2, 0.25) is 5.02 Å². The Bertz CT molecular complexity index is 671. The molecule has 1 aliphatic rings. The quantitative estimate of drug-likeness (QED) is 0.728. The van der Waals surface area contributed by atoms with Crippen molar-refractivity contribution in [3.05, 3.63) is 62.8 Å². The van der Waals surface area contributed by atoms with Crippen LogP contribution in [0.5, 0.6) is 0 Å². The highest BCUT2D eigenvalue weighted by atomic mass is 79.9. The average Bonchev–Trinajstić information content (AvgIpc) is 2.49. The van der Waals surface area contributed by atoms with Gasteiger partial charge >= 0.3 is 0 Å². The summed E-state index contributed by atoms with van der Waals surface area (Å²) >= 11 is 9.62. The third-order valence-corrected chi connectivity index (χ3v) is 5.02. The lowest BCUT2D eigenvalue weighted by Crippen LogP contribution is -2.20. The molecule has 102 valence electrons. The van der Waals surface area contributed by atoms with Gasteiger partial charge in [0.05, 0.1) is 16.6 Å². The van der Waals surface area contributed by atoms with E-state index in [2.05, 4.69) is 27.0 Å². The number of pyridine rings is 1. The van der Waals surface area contributed by atoms with Crippen LogP contribution >= 0.6 is 27.5 Å². The number of Topliss-reactive ketones (excluding diaryl/α,β-unsaturated/α-hetero) is 1. The fraction of sp³-hybridized carbons (Fsp3) is 0.250. The van der Waals surface area contributed by atoms with Gasteiger partial charge in [0.1, 0.15) is 0 Å². The van der Waals surface area contributed by atoms with Crippen LogP contribution in [-0.4, -0.2) is 10.8 Å². The number of carbonyl (C=O) groups is 1. The third kappa shape index (κ3) is 2.40. The van der Waals surface area contributed by atoms with Gasteiger partial charge < -0.3 is 0 Å². The van der Waals surface area contributed by atoms with E-state index in [1.807, 2.05) is 18.2 Å². The Hall–Kier alpha value is -1.19. The van der Waals surface area contributed by atoms with Gasteiger partial charge in [-0.1, -0.05) is 23.7 Å². The highest BCUT2D eigenvalue weighted by Crippen LogP contribution is 2.35. The lowest BCUT2D eigenvalue weighted by molar-refractivity contribution is 0.0949. The van der Waals surface area contributed by atoms with Crippen LogP contribution in [0.3, 0.4) is 0 Å². The number of nitrogens with zero attached hydrogens (tertiary/aromatic N) is 1. The van der Waals surface area contributed by atoms with E-state index in [1.165, 1.54) is 5.56 Å². The molecule has 1 atom stereocenters. The van der Waals surface area contributed by atoms with Gasteiger partial charge in [-0.05, 0) is 59.0 Å². The van der Waals surface area contributed by atoms with Crippen molar-refractivity contribution < 1.29 is 4.79 Å². The minimum atomic E-state index is -0.174. The lowest BCUT2D eigenvalue weighted by Gasteiger charge is -2.23. The first-order valence-electron chi connectivity index (χ1n) is 6.60. The zero-order valence-electron chi connectivity index (χ0n) is 10.8. The van der Waals surface area contributed by atoms with E-state index in [-0.39, 0.29) is 11.7 Å². The second kappa shape index (κ2) is 5.66. The monoisotopic (exact) mass is 349 g/mol. The van der Waals surface area contributed by atoms with E-state index in [0.29, 0.717) is 10.6 Å². The van der Waals surface area contributed by atoms with Crippen LogP contribution in [0, 0.1) is 0 Å². The molecule has 2 aromatic rings. The summed E-state index contributed by atoms with van der Waals surface area (Å²) in [5, 5.41) is 0.487. The van der Waals surface area contributed by atoms with Gasteiger partial charge in [-0.3, -0.25) is 9.78 Å². The van der Waals surface area contributed by atoms with Gasteiger partial charge in [-0.15, -0.1) is 0 Å². The molecule has 20 heavy (non-hydrogen) atoms. The maximum atomic E-state index is 12.8. The second-order valence-electron chi connectivity index (χ2n) is 4.96. The molecule has 4 heteroatoms. The SMILES string of the molecule is O=C(c1cccc(Br)c1Cl)C1CCCc2cccnc21. The number of aromatic nitrogens is 1. The molecule has 0 amide bonds. The first-order chi connectivity index (χ1) is 9.68. The van der Waals surface area contributed by atoms with Gasteiger partial charge in [-0.25, -0.2) is 0 Å². The normalized spacial score (nSPS) is 17.6. The molecule has 1 aromatic heterocycles. The molecule has 0 radical (unpaired) electrons. The van der Waals surface area contributed by atoms with Crippen molar-refractivity contribution in [1.29, 1.82) is 0 Å². The number of carbonyl (C=O) groups excluding carboxylic acids is 1. The smallest absolute Gasteiger partial charge is 0.173 e. The van der Waals surface area contributed by atoms with Crippen molar-refractivity contribution in [1.82, 2.24) is 4.98 Å². The Balaban J connectivity index is 2.02. The van der Waals surface area contributed by atoms with Crippen molar-refractivity contribution in [3.63, 3.8) is 0 Å². The molecule has 0 fully saturated rings. The maximum Gasteiger partial charge on any atom is 0.173 e. The summed E-state index contributed by atoms with van der Waals surface area (Å²) < 4.78 is 0.752. The number of rotatable bonds is 2. The predicted molar refractivity (Wildman–Crippen MR) is 83.4 cm³/mol. The van der Waals surface area contributed by atoms with Crippen molar-refractivity contribution >= 4 is 33.3 Å². The van der Waals surface area contributed by atoms with Crippen molar-refractivity contribution in [3.8, 4) is 0 Å². The van der Waals surface area contributed by atoms with E-state index in [1.54, 1.807) is 12.3 Å². The topological polar surface area (TPSA) is 30.0 Å². The summed E-state index contributed by atoms with van der Waals surface area (Å²) in [7, 11) is 0. The van der Waals surface area contributed by atoms with Gasteiger partial charge in [0, 0.05) is 16.2 Å². The molecule has 1 aromatic carbocycles. The highest BCUT2D eigenvalue weighted by molar-refractivity contribution is 9.10. The van der Waals surface area contributed by atoms with E-state index in [0.717, 1.165) is 29.4 Å². The standard InChI is InChI=1S/C16H13BrClNO/c17-13-8-2-6-11(14(13)18)16(20)12-7-1-4-10-5-3-9-19-15(10)12/h2-3,5-6,8-9,12H,1,4,7H2. The molecule has 0 spiro atoms. The summed E-state index contributed by atoms with van der Waals surface area (Å²) in [5.74, 6) is -0.109. The maximum absolute atomic E-state index is 12.8. The largest absolute Gasteiger partial charge is 0.293 e. The molecule has 1 aliphatic carbocycles. The van der Waals surface area contributed by atoms with Crippen LogP contribution < -0.4 is 0 Å². The number of halogens is 2. The molecule has 2 nitrogen and oxygen atoms in total. The second-order valence-corrected chi connectivity index (χ2v) is 6.19. The molecule has 0 bridgehead atoms. The zero-order valence-corrected chi connectivity index (χ0v) is 13.1. The lowest BCUT2D eigenvalue weighted by atomic mass is 9.82. The molecule has 0 saturated heterocycles. The average molecular weight is 351 g/mol. The molecule has 0 aliphatic heterocycles. The molecule has 3 rings (SSSR count). The third-order valence-electron chi connectivity index (χ3n) is 3.73. The van der Waals surface area contributed by atoms with Crippen molar-refractivity contribution in [2.24, 2.45) is 0 Å². The zero-order chi connectivity index (χ0) is 14.1. The number of hydrogen-bond donors (Lipinski definition) is 0. The Kier molecular flexibility index (Phi) is 3.90. The fourth-order valence-electron chi connectivity index (χ4n) is 2.75. The number of aryl methyl sites for hydroxylation is 1. The summed E-state index contributed by atoms with van der Waals surface area (Å²) in [4.78, 5) is 17.2. The van der Waals surface area contributed by atoms with Gasteiger partial charge in [-0.2, -0.15) is 0 Å². The number of hydrogen-bond acceptors (Lipinski definition) is 2. The summed E-state index contributed by atoms with van der Waals surface area (Å²) in [6, 6.07) is 9.45. The van der Waals surface area contributed by atoms with Crippen LogP contribution in [-0.2, 0) is 6.42 Å². The Morgan fingerprint density at radius 3 is 3.00 bits per heavy atom. The Labute approximate surface area is 131 Å². The summed E-state index contributed by atoms with van der Waals surface area (Å²) in [5.41, 5.74) is 2.67. The number of ketones is 1. The molecule has 0 N–H and O–H groups in total. The molecule has 1 heterocycles. The highest BCUT2D eigenvalue weighted by Gasteiger charge is 2.29. The minimum absolute atomic E-state index is 0.0657. The Morgan fingerprint density at radius 1 is 1.30 bits per heavy atom. The van der Waals surface area contributed by atoms with Crippen LogP contribution in [0.1, 0.15) is 40.4 Å². The van der Waals surface area contributed by atoms with E-state index in [4.69, 9.17) is 11.6 Å². The Morgan fingerprint density at radius 2 is 2.15 bits per heavy atom. The number of benzene rings is 1. The summed E-state index contributed by atoms with van der Waals surface area (Å²) in [6.45, 7) is 0. The first kappa shape index (κ1) is 13.8. The van der Waals surface area contributed by atoms with Gasteiger partial charge in [0.15, 0.2) is 5.78 Å². The van der Waals surface area contributed by atoms with Crippen LogP contribution in [0.15, 0.2) is 41.0 Å². The van der Waals surface area contributed by atoms with E-state index >= 15 is 0 Å².